The molecule has 0 unspecified atom stereocenters. The van der Waals surface area contributed by atoms with Crippen LogP contribution in [-0.4, -0.2) is 43.9 Å². The van der Waals surface area contributed by atoms with Crippen molar-refractivity contribution in [3.05, 3.63) is 48.6 Å². The molecule has 0 aliphatic rings. The summed E-state index contributed by atoms with van der Waals surface area (Å²) in [6, 6.07) is 0. The molecule has 0 fully saturated rings. The van der Waals surface area contributed by atoms with Crippen LogP contribution in [0.2, 0.25) is 0 Å². The first-order chi connectivity index (χ1) is 47.8. The number of rotatable bonds is 80. The van der Waals surface area contributed by atoms with E-state index in [1.54, 1.807) is 0 Å². The van der Waals surface area contributed by atoms with E-state index in [2.05, 4.69) is 76.3 Å². The van der Waals surface area contributed by atoms with Crippen molar-refractivity contribution in [2.45, 2.75) is 490 Å². The molecule has 0 aromatic rings. The summed E-state index contributed by atoms with van der Waals surface area (Å²) in [4.78, 5) is 55.4. The summed E-state index contributed by atoms with van der Waals surface area (Å²) < 4.78 is 24.2. The van der Waals surface area contributed by atoms with Crippen molar-refractivity contribution < 1.29 is 31.5 Å². The van der Waals surface area contributed by atoms with Crippen molar-refractivity contribution in [2.24, 2.45) is 0 Å². The first kappa shape index (κ1) is 94.6. The molecule has 0 atom stereocenters. The molecule has 0 aliphatic heterocycles. The van der Waals surface area contributed by atoms with E-state index in [0.717, 1.165) is 77.0 Å². The van der Waals surface area contributed by atoms with Gasteiger partial charge in [0.1, 0.15) is 0 Å². The summed E-state index contributed by atoms with van der Waals surface area (Å²) >= 11 is -5.97. The molecule has 0 rings (SSSR count). The van der Waals surface area contributed by atoms with Crippen molar-refractivity contribution in [2.75, 3.05) is 0 Å². The Bertz CT molecular complexity index is 1520. The van der Waals surface area contributed by atoms with Gasteiger partial charge in [0.05, 0.1) is 0 Å². The minimum Gasteiger partial charge on any atom is -0.0885 e. The van der Waals surface area contributed by atoms with E-state index in [9.17, 15) is 19.2 Å². The van der Waals surface area contributed by atoms with E-state index >= 15 is 0 Å². The minimum absolute atomic E-state index is 0.0841. The fourth-order valence-electron chi connectivity index (χ4n) is 13.1. The Balaban J connectivity index is 5.49. The summed E-state index contributed by atoms with van der Waals surface area (Å²) in [6.07, 6.45) is 101. The fourth-order valence-corrected chi connectivity index (χ4v) is 18.1. The van der Waals surface area contributed by atoms with Gasteiger partial charge in [0.25, 0.3) is 0 Å². The van der Waals surface area contributed by atoms with Crippen molar-refractivity contribution >= 4 is 43.9 Å². The standard InChI is InChI=1S/4C22H42O2.Sn/c4*1-2-3-4-5-6-7-8-9-10-11-12-13-14-15-16-17-18-19-20-21-22(23)24;/h4*9-10H,2-8,11-21H2,1H3,(H,23,24);/q;;;;+4/p-4/b4*10-9-;. The SMILES string of the molecule is CCCCCCCC/C=C\CCCCCCCCCCCC(=O)[O][Sn]([O]C(=O)CCCCCCCCCCC/C=C\CCCCCCCC)([O]C(=O)CCCCCCCCCCC/C=C\CCCCCCCC)[O]C(=O)CCCCCCCCCCC/C=C\CCCCCCCC. The van der Waals surface area contributed by atoms with Gasteiger partial charge in [-0.3, -0.25) is 0 Å². The summed E-state index contributed by atoms with van der Waals surface area (Å²) in [5.74, 6) is -2.48. The zero-order chi connectivity index (χ0) is 70.2. The molecule has 0 radical (unpaired) electrons. The molecular weight excluding hydrogens is 1300 g/mol. The Morgan fingerprint density at radius 2 is 0.289 bits per heavy atom. The quantitative estimate of drug-likeness (QED) is 0.0337. The smallest absolute Gasteiger partial charge is 0.0885 e. The van der Waals surface area contributed by atoms with Crippen molar-refractivity contribution in [1.82, 2.24) is 0 Å². The summed E-state index contributed by atoms with van der Waals surface area (Å²) in [6.45, 7) is 9.10. The maximum atomic E-state index is 13.9. The third kappa shape index (κ3) is 76.1. The molecule has 97 heavy (non-hydrogen) atoms. The van der Waals surface area contributed by atoms with Crippen LogP contribution in [0, 0.1) is 0 Å². The second-order valence-corrected chi connectivity index (χ2v) is 34.6. The van der Waals surface area contributed by atoms with Crippen LogP contribution in [0.3, 0.4) is 0 Å². The molecule has 0 aliphatic carbocycles. The van der Waals surface area contributed by atoms with E-state index in [1.807, 2.05) is 0 Å². The molecule has 0 spiro atoms. The van der Waals surface area contributed by atoms with Crippen LogP contribution in [0.25, 0.3) is 0 Å². The second-order valence-electron chi connectivity index (χ2n) is 29.4. The van der Waals surface area contributed by atoms with Crippen LogP contribution in [0.1, 0.15) is 490 Å². The Labute approximate surface area is 610 Å². The zero-order valence-corrected chi connectivity index (χ0v) is 68.2. The van der Waals surface area contributed by atoms with Crippen LogP contribution in [-0.2, 0) is 31.5 Å². The van der Waals surface area contributed by atoms with Gasteiger partial charge in [-0.15, -0.1) is 0 Å². The van der Waals surface area contributed by atoms with Gasteiger partial charge in [-0.25, -0.2) is 0 Å². The third-order valence-corrected chi connectivity index (χ3v) is 25.0. The van der Waals surface area contributed by atoms with E-state index in [-0.39, 0.29) is 25.7 Å². The molecule has 0 amide bonds. The first-order valence-electron chi connectivity index (χ1n) is 43.3. The predicted molar refractivity (Wildman–Crippen MR) is 422 cm³/mol. The van der Waals surface area contributed by atoms with E-state index in [0.29, 0.717) is 25.7 Å². The number of unbranched alkanes of at least 4 members (excludes halogenated alkanes) is 60. The topological polar surface area (TPSA) is 105 Å². The maximum absolute atomic E-state index is 13.9. The van der Waals surface area contributed by atoms with E-state index < -0.39 is 43.9 Å². The van der Waals surface area contributed by atoms with Gasteiger partial charge >= 0.3 is 332 Å². The molecule has 0 N–H and O–H groups in total. The summed E-state index contributed by atoms with van der Waals surface area (Å²) in [7, 11) is 0. The monoisotopic (exact) mass is 1470 g/mol. The van der Waals surface area contributed by atoms with E-state index in [1.165, 1.54) is 334 Å². The second kappa shape index (κ2) is 80.9. The first-order valence-corrected chi connectivity index (χ1v) is 48.0. The molecule has 568 valence electrons. The Kier molecular flexibility index (Phi) is 79.0. The minimum atomic E-state index is -5.97. The molecule has 0 saturated heterocycles. The van der Waals surface area contributed by atoms with Crippen molar-refractivity contribution in [1.29, 1.82) is 0 Å². The molecule has 9 heteroatoms. The van der Waals surface area contributed by atoms with Crippen LogP contribution >= 0.6 is 0 Å². The van der Waals surface area contributed by atoms with Gasteiger partial charge in [-0.05, 0) is 77.0 Å². The molecule has 0 heterocycles. The molecule has 0 saturated carbocycles. The molecule has 0 aromatic carbocycles. The third-order valence-electron chi connectivity index (χ3n) is 19.5. The van der Waals surface area contributed by atoms with Gasteiger partial charge in [0, 0.05) is 0 Å². The predicted octanol–water partition coefficient (Wildman–Crippen LogP) is 30.0. The number of hydrogen-bond acceptors (Lipinski definition) is 8. The van der Waals surface area contributed by atoms with E-state index in [4.69, 9.17) is 12.3 Å². The van der Waals surface area contributed by atoms with Crippen molar-refractivity contribution in [3.8, 4) is 0 Å². The average molecular weight is 1470 g/mol. The average Bonchev–Trinajstić information content (AvgIpc) is 0.858. The summed E-state index contributed by atoms with van der Waals surface area (Å²) in [5.41, 5.74) is 0. The zero-order valence-electron chi connectivity index (χ0n) is 65.3. The van der Waals surface area contributed by atoms with Crippen LogP contribution in [0.15, 0.2) is 48.6 Å². The van der Waals surface area contributed by atoms with Gasteiger partial charge in [0.2, 0.25) is 0 Å². The number of carbonyl (C=O) groups is 4. The fraction of sp³-hybridized carbons (Fsp3) is 0.864. The Morgan fingerprint density at radius 3 is 0.423 bits per heavy atom. The molecule has 0 aromatic heterocycles. The van der Waals surface area contributed by atoms with Gasteiger partial charge in [-0.2, -0.15) is 0 Å². The van der Waals surface area contributed by atoms with Crippen LogP contribution in [0.5, 0.6) is 0 Å². The normalized spacial score (nSPS) is 12.0. The van der Waals surface area contributed by atoms with Crippen LogP contribution < -0.4 is 0 Å². The number of hydrogen-bond donors (Lipinski definition) is 0. The van der Waals surface area contributed by atoms with Crippen molar-refractivity contribution in [3.63, 3.8) is 0 Å². The van der Waals surface area contributed by atoms with Crippen LogP contribution in [0.4, 0.5) is 0 Å². The summed E-state index contributed by atoms with van der Waals surface area (Å²) in [5, 5.41) is 0. The molecular formula is C88H164O8Sn. The molecule has 0 bridgehead atoms. The Morgan fingerprint density at radius 1 is 0.175 bits per heavy atom. The van der Waals surface area contributed by atoms with Gasteiger partial charge in [-0.1, -0.05) is 205 Å². The Hall–Kier alpha value is -2.36. The molecule has 8 nitrogen and oxygen atoms in total. The number of carbonyl (C=O) groups excluding carboxylic acids is 4. The van der Waals surface area contributed by atoms with Gasteiger partial charge in [0.15, 0.2) is 0 Å². The number of allylic oxidation sites excluding steroid dienone is 8. The van der Waals surface area contributed by atoms with Gasteiger partial charge < -0.3 is 0 Å².